The zero-order valence-electron chi connectivity index (χ0n) is 20.6. The van der Waals surface area contributed by atoms with E-state index in [-0.39, 0.29) is 24.0 Å². The van der Waals surface area contributed by atoms with Crippen molar-refractivity contribution in [1.82, 2.24) is 15.1 Å². The lowest BCUT2D eigenvalue weighted by atomic mass is 9.91. The van der Waals surface area contributed by atoms with Crippen molar-refractivity contribution in [1.29, 1.82) is 0 Å². The second-order valence-electron chi connectivity index (χ2n) is 11.3. The molecule has 4 amide bonds. The van der Waals surface area contributed by atoms with Crippen LogP contribution in [0.25, 0.3) is 5.57 Å². The lowest BCUT2D eigenvalue weighted by Gasteiger charge is -2.27. The third-order valence-corrected chi connectivity index (χ3v) is 9.05. The Balaban J connectivity index is 1.17. The molecule has 2 unspecified atom stereocenters. The van der Waals surface area contributed by atoms with E-state index in [1.165, 1.54) is 31.9 Å². The van der Waals surface area contributed by atoms with Crippen molar-refractivity contribution in [3.05, 3.63) is 40.7 Å². The third kappa shape index (κ3) is 3.99. The minimum Gasteiger partial charge on any atom is -0.303 e. The number of hydrogen-bond acceptors (Lipinski definition) is 5. The van der Waals surface area contributed by atoms with E-state index in [4.69, 9.17) is 0 Å². The minimum absolute atomic E-state index is 0.0140. The van der Waals surface area contributed by atoms with Crippen LogP contribution in [-0.2, 0) is 9.59 Å². The molecule has 0 bridgehead atoms. The lowest BCUT2D eigenvalue weighted by Crippen LogP contribution is -2.54. The zero-order chi connectivity index (χ0) is 25.1. The molecule has 1 N–H and O–H groups in total. The first-order valence-electron chi connectivity index (χ1n) is 13.3. The van der Waals surface area contributed by atoms with Crippen LogP contribution in [0, 0.1) is 29.5 Å². The maximum Gasteiger partial charge on any atom is 0.262 e. The number of piperidine rings is 1. The van der Waals surface area contributed by atoms with E-state index < -0.39 is 35.5 Å². The van der Waals surface area contributed by atoms with Crippen LogP contribution < -0.4 is 5.32 Å². The molecule has 1 aromatic carbocycles. The van der Waals surface area contributed by atoms with Crippen molar-refractivity contribution >= 4 is 29.2 Å². The maximum atomic E-state index is 15.3. The normalized spacial score (nSPS) is 32.6. The zero-order valence-corrected chi connectivity index (χ0v) is 20.6. The van der Waals surface area contributed by atoms with Crippen LogP contribution in [0.5, 0.6) is 0 Å². The number of allylic oxidation sites excluding steroid dienone is 2. The fourth-order valence-corrected chi connectivity index (χ4v) is 6.82. The molecule has 6 rings (SSSR count). The van der Waals surface area contributed by atoms with Gasteiger partial charge in [-0.05, 0) is 93.0 Å². The number of benzene rings is 1. The first-order valence-corrected chi connectivity index (χ1v) is 13.3. The summed E-state index contributed by atoms with van der Waals surface area (Å²) in [5, 5.41) is 2.19. The summed E-state index contributed by atoms with van der Waals surface area (Å²) in [6.45, 7) is 5.78. The van der Waals surface area contributed by atoms with Crippen LogP contribution in [0.1, 0.15) is 78.1 Å². The quantitative estimate of drug-likeness (QED) is 0.650. The van der Waals surface area contributed by atoms with Gasteiger partial charge in [0, 0.05) is 18.5 Å². The Morgan fingerprint density at radius 2 is 1.75 bits per heavy atom. The van der Waals surface area contributed by atoms with Crippen LogP contribution in [0.4, 0.5) is 4.39 Å². The van der Waals surface area contributed by atoms with E-state index in [2.05, 4.69) is 23.2 Å². The number of carbonyl (C=O) groups is 4. The Morgan fingerprint density at radius 3 is 2.53 bits per heavy atom. The number of nitrogens with one attached hydrogen (secondary N) is 1. The van der Waals surface area contributed by atoms with E-state index in [9.17, 15) is 19.2 Å². The molecule has 0 radical (unpaired) electrons. The minimum atomic E-state index is -1.05. The molecule has 7 nitrogen and oxygen atoms in total. The van der Waals surface area contributed by atoms with E-state index in [0.717, 1.165) is 48.4 Å². The van der Waals surface area contributed by atoms with E-state index in [1.54, 1.807) is 0 Å². The van der Waals surface area contributed by atoms with Crippen LogP contribution in [0.3, 0.4) is 0 Å². The molecule has 0 aromatic heterocycles. The van der Waals surface area contributed by atoms with Gasteiger partial charge in [0.1, 0.15) is 11.9 Å². The molecular formula is C28H32FN3O4. The number of hydrogen-bond donors (Lipinski definition) is 1. The number of rotatable bonds is 4. The van der Waals surface area contributed by atoms with Crippen molar-refractivity contribution < 1.29 is 23.6 Å². The fourth-order valence-electron chi connectivity index (χ4n) is 6.82. The molecule has 36 heavy (non-hydrogen) atoms. The molecule has 5 aliphatic rings. The Kier molecular flexibility index (Phi) is 5.82. The highest BCUT2D eigenvalue weighted by molar-refractivity contribution is 6.23. The van der Waals surface area contributed by atoms with Gasteiger partial charge in [0.2, 0.25) is 11.8 Å². The van der Waals surface area contributed by atoms with Crippen molar-refractivity contribution in [2.45, 2.75) is 57.9 Å². The molecule has 0 spiro atoms. The van der Waals surface area contributed by atoms with Gasteiger partial charge in [-0.15, -0.1) is 0 Å². The van der Waals surface area contributed by atoms with E-state index in [0.29, 0.717) is 23.3 Å². The second kappa shape index (κ2) is 8.91. The standard InChI is InChI=1S/C28H32FN3O4/c1-15-3-2-9-31(10-8-15)14-22-17-5-4-16(11-19(17)22)18-12-20-21(13-23(18)29)28(36)32(27(20)35)24-6-7-25(33)30-26(24)34/h4,12-13,15,17,19,22,24H,2-3,5-11,14H2,1H3,(H,30,33,34)/t15?,17-,19+,22+,24?/m0/s1. The lowest BCUT2D eigenvalue weighted by molar-refractivity contribution is -0.136. The number of halogens is 1. The van der Waals surface area contributed by atoms with Gasteiger partial charge in [0.05, 0.1) is 11.1 Å². The van der Waals surface area contributed by atoms with E-state index in [1.807, 2.05) is 0 Å². The monoisotopic (exact) mass is 493 g/mol. The summed E-state index contributed by atoms with van der Waals surface area (Å²) in [6.07, 6.45) is 7.77. The molecule has 8 heteroatoms. The third-order valence-electron chi connectivity index (χ3n) is 9.05. The van der Waals surface area contributed by atoms with Gasteiger partial charge in [0.15, 0.2) is 0 Å². The topological polar surface area (TPSA) is 86.8 Å². The van der Waals surface area contributed by atoms with Gasteiger partial charge < -0.3 is 4.90 Å². The predicted octanol–water partition coefficient (Wildman–Crippen LogP) is 3.39. The smallest absolute Gasteiger partial charge is 0.262 e. The Morgan fingerprint density at radius 1 is 0.972 bits per heavy atom. The van der Waals surface area contributed by atoms with Crippen LogP contribution in [-0.4, -0.2) is 59.1 Å². The number of imide groups is 2. The van der Waals surface area contributed by atoms with Gasteiger partial charge in [-0.2, -0.15) is 0 Å². The summed E-state index contributed by atoms with van der Waals surface area (Å²) < 4.78 is 15.3. The molecular weight excluding hydrogens is 461 g/mol. The highest BCUT2D eigenvalue weighted by Gasteiger charge is 2.51. The van der Waals surface area contributed by atoms with Crippen molar-refractivity contribution in [2.24, 2.45) is 23.7 Å². The summed E-state index contributed by atoms with van der Waals surface area (Å²) in [7, 11) is 0. The van der Waals surface area contributed by atoms with Crippen molar-refractivity contribution in [3.63, 3.8) is 0 Å². The largest absolute Gasteiger partial charge is 0.303 e. The average Bonchev–Trinajstić information content (AvgIpc) is 3.53. The van der Waals surface area contributed by atoms with Gasteiger partial charge in [-0.25, -0.2) is 4.39 Å². The average molecular weight is 494 g/mol. The van der Waals surface area contributed by atoms with Gasteiger partial charge >= 0.3 is 0 Å². The summed E-state index contributed by atoms with van der Waals surface area (Å²) in [4.78, 5) is 53.4. The summed E-state index contributed by atoms with van der Waals surface area (Å²) >= 11 is 0. The molecule has 190 valence electrons. The van der Waals surface area contributed by atoms with Crippen LogP contribution >= 0.6 is 0 Å². The first kappa shape index (κ1) is 23.5. The molecule has 3 aliphatic heterocycles. The van der Waals surface area contributed by atoms with Crippen molar-refractivity contribution in [2.75, 3.05) is 19.6 Å². The first-order chi connectivity index (χ1) is 17.3. The SMILES string of the molecule is CC1CCCN(C[C@@H]2[C@H]3CC=C(c4cc5c(cc4F)C(=O)N(C4CCC(=O)NC4=O)C5=O)C[C@H]32)CC1. The highest BCUT2D eigenvalue weighted by atomic mass is 19.1. The van der Waals surface area contributed by atoms with Crippen molar-refractivity contribution in [3.8, 4) is 0 Å². The number of amides is 4. The predicted molar refractivity (Wildman–Crippen MR) is 130 cm³/mol. The van der Waals surface area contributed by atoms with Crippen LogP contribution in [0.2, 0.25) is 0 Å². The van der Waals surface area contributed by atoms with Gasteiger partial charge in [0.25, 0.3) is 11.8 Å². The Hall–Kier alpha value is -2.87. The number of carbonyl (C=O) groups excluding carboxylic acids is 4. The second-order valence-corrected chi connectivity index (χ2v) is 11.3. The maximum absolute atomic E-state index is 15.3. The molecule has 2 aliphatic carbocycles. The molecule has 1 saturated carbocycles. The van der Waals surface area contributed by atoms with E-state index >= 15 is 4.39 Å². The van der Waals surface area contributed by atoms with Gasteiger partial charge in [-0.3, -0.25) is 29.4 Å². The molecule has 2 saturated heterocycles. The summed E-state index contributed by atoms with van der Waals surface area (Å²) in [5.74, 6) is -0.254. The highest BCUT2D eigenvalue weighted by Crippen LogP contribution is 2.57. The summed E-state index contributed by atoms with van der Waals surface area (Å²) in [6, 6.07) is 1.59. The van der Waals surface area contributed by atoms with Crippen LogP contribution in [0.15, 0.2) is 18.2 Å². The number of nitrogens with zero attached hydrogens (tertiary/aromatic N) is 2. The molecule has 3 heterocycles. The summed E-state index contributed by atoms with van der Waals surface area (Å²) in [5.41, 5.74) is 1.41. The Labute approximate surface area is 210 Å². The molecule has 5 atom stereocenters. The Bertz CT molecular complexity index is 1190. The fraction of sp³-hybridized carbons (Fsp3) is 0.571. The molecule has 3 fully saturated rings. The number of fused-ring (bicyclic) bond motifs is 2. The number of likely N-dealkylation sites (tertiary alicyclic amines) is 1. The van der Waals surface area contributed by atoms with Gasteiger partial charge in [-0.1, -0.05) is 13.0 Å². The molecule has 1 aromatic rings.